The van der Waals surface area contributed by atoms with Crippen molar-refractivity contribution in [3.63, 3.8) is 0 Å². The minimum atomic E-state index is -0.284. The molecule has 17 heavy (non-hydrogen) atoms. The second-order valence-corrected chi connectivity index (χ2v) is 5.26. The van der Waals surface area contributed by atoms with Crippen LogP contribution in [0.4, 0.5) is 0 Å². The summed E-state index contributed by atoms with van der Waals surface area (Å²) in [4.78, 5) is 0. The highest BCUT2D eigenvalue weighted by Gasteiger charge is 2.38. The summed E-state index contributed by atoms with van der Waals surface area (Å²) >= 11 is 3.53. The molecule has 4 heteroatoms. The second-order valence-electron chi connectivity index (χ2n) is 4.40. The molecule has 0 radical (unpaired) electrons. The third-order valence-corrected chi connectivity index (χ3v) is 3.76. The number of halogens is 1. The van der Waals surface area contributed by atoms with Crippen molar-refractivity contribution in [2.75, 3.05) is 26.3 Å². The lowest BCUT2D eigenvalue weighted by molar-refractivity contribution is -0.0752. The molecular weight excluding hydrogens is 280 g/mol. The Kier molecular flexibility index (Phi) is 4.16. The first-order chi connectivity index (χ1) is 8.26. The van der Waals surface area contributed by atoms with Crippen molar-refractivity contribution in [1.29, 1.82) is 5.26 Å². The Labute approximate surface area is 110 Å². The highest BCUT2D eigenvalue weighted by molar-refractivity contribution is 9.10. The van der Waals surface area contributed by atoms with Crippen LogP contribution in [0.1, 0.15) is 5.56 Å². The molecule has 0 aliphatic carbocycles. The van der Waals surface area contributed by atoms with Crippen LogP contribution < -0.4 is 5.32 Å². The third-order valence-electron chi connectivity index (χ3n) is 2.99. The van der Waals surface area contributed by atoms with Gasteiger partial charge in [-0.05, 0) is 24.6 Å². The normalized spacial score (nSPS) is 17.2. The van der Waals surface area contributed by atoms with Crippen LogP contribution in [-0.4, -0.2) is 26.3 Å². The first-order valence-electron chi connectivity index (χ1n) is 5.69. The van der Waals surface area contributed by atoms with Gasteiger partial charge in [-0.3, -0.25) is 0 Å². The van der Waals surface area contributed by atoms with E-state index < -0.39 is 0 Å². The van der Waals surface area contributed by atoms with Gasteiger partial charge in [-0.15, -0.1) is 0 Å². The number of nitrogens with one attached hydrogen (secondary N) is 1. The Hall–Kier alpha value is -0.890. The molecule has 1 fully saturated rings. The number of benzene rings is 1. The van der Waals surface area contributed by atoms with Gasteiger partial charge in [0.15, 0.2) is 0 Å². The molecule has 0 aromatic heterocycles. The molecule has 0 unspecified atom stereocenters. The molecule has 1 aliphatic rings. The lowest BCUT2D eigenvalue weighted by atomic mass is 9.88. The van der Waals surface area contributed by atoms with Gasteiger partial charge in [0.1, 0.15) is 5.41 Å². The Morgan fingerprint density at radius 2 is 2.18 bits per heavy atom. The number of nitrogens with zero attached hydrogens (tertiary/aromatic N) is 1. The van der Waals surface area contributed by atoms with Gasteiger partial charge >= 0.3 is 0 Å². The van der Waals surface area contributed by atoms with E-state index in [1.807, 2.05) is 18.2 Å². The predicted octanol–water partition coefficient (Wildman–Crippen LogP) is 2.12. The standard InChI is InChI=1S/C13H15BrN2O/c14-12-4-2-1-3-11(12)5-6-16-8-13(7-15)9-17-10-13/h1-4,16H,5-6,8-10H2. The Balaban J connectivity index is 1.74. The largest absolute Gasteiger partial charge is 0.378 e. The number of nitriles is 1. The summed E-state index contributed by atoms with van der Waals surface area (Å²) in [6.45, 7) is 2.72. The summed E-state index contributed by atoms with van der Waals surface area (Å²) in [7, 11) is 0. The fourth-order valence-corrected chi connectivity index (χ4v) is 2.29. The van der Waals surface area contributed by atoms with Gasteiger partial charge in [0.2, 0.25) is 0 Å². The number of ether oxygens (including phenoxy) is 1. The Morgan fingerprint density at radius 1 is 1.41 bits per heavy atom. The molecule has 1 aromatic carbocycles. The molecule has 1 aromatic rings. The van der Waals surface area contributed by atoms with Crippen molar-refractivity contribution in [2.45, 2.75) is 6.42 Å². The summed E-state index contributed by atoms with van der Waals surface area (Å²) in [5, 5.41) is 12.4. The molecule has 1 saturated heterocycles. The first-order valence-corrected chi connectivity index (χ1v) is 6.48. The molecule has 0 atom stereocenters. The zero-order valence-electron chi connectivity index (χ0n) is 9.58. The molecule has 1 N–H and O–H groups in total. The van der Waals surface area contributed by atoms with E-state index >= 15 is 0 Å². The van der Waals surface area contributed by atoms with Crippen LogP contribution in [0.5, 0.6) is 0 Å². The monoisotopic (exact) mass is 294 g/mol. The van der Waals surface area contributed by atoms with Crippen LogP contribution in [0.15, 0.2) is 28.7 Å². The molecular formula is C13H15BrN2O. The van der Waals surface area contributed by atoms with Crippen molar-refractivity contribution in [3.05, 3.63) is 34.3 Å². The second kappa shape index (κ2) is 5.63. The van der Waals surface area contributed by atoms with Crippen LogP contribution in [0.2, 0.25) is 0 Å². The number of rotatable bonds is 5. The van der Waals surface area contributed by atoms with Crippen molar-refractivity contribution in [3.8, 4) is 6.07 Å². The topological polar surface area (TPSA) is 45.0 Å². The zero-order valence-corrected chi connectivity index (χ0v) is 11.2. The molecule has 3 nitrogen and oxygen atoms in total. The maximum absolute atomic E-state index is 9.02. The molecule has 90 valence electrons. The first kappa shape index (κ1) is 12.6. The average molecular weight is 295 g/mol. The molecule has 1 heterocycles. The van der Waals surface area contributed by atoms with E-state index in [0.29, 0.717) is 19.8 Å². The Bertz CT molecular complexity index is 424. The highest BCUT2D eigenvalue weighted by Crippen LogP contribution is 2.25. The summed E-state index contributed by atoms with van der Waals surface area (Å²) in [6.07, 6.45) is 0.962. The average Bonchev–Trinajstić information content (AvgIpc) is 2.29. The van der Waals surface area contributed by atoms with E-state index in [9.17, 15) is 0 Å². The Morgan fingerprint density at radius 3 is 2.76 bits per heavy atom. The van der Waals surface area contributed by atoms with Crippen molar-refractivity contribution >= 4 is 15.9 Å². The SMILES string of the molecule is N#CC1(CNCCc2ccccc2Br)COC1. The van der Waals surface area contributed by atoms with Gasteiger partial charge < -0.3 is 10.1 Å². The van der Waals surface area contributed by atoms with E-state index in [2.05, 4.69) is 33.4 Å². The summed E-state index contributed by atoms with van der Waals surface area (Å²) < 4.78 is 6.24. The summed E-state index contributed by atoms with van der Waals surface area (Å²) in [5.74, 6) is 0. The van der Waals surface area contributed by atoms with Crippen molar-refractivity contribution in [2.24, 2.45) is 5.41 Å². The van der Waals surface area contributed by atoms with E-state index in [4.69, 9.17) is 10.00 Å². The molecule has 1 aliphatic heterocycles. The van der Waals surface area contributed by atoms with E-state index in [-0.39, 0.29) is 5.41 Å². The molecule has 2 rings (SSSR count). The quantitative estimate of drug-likeness (QED) is 0.846. The number of hydrogen-bond acceptors (Lipinski definition) is 3. The number of hydrogen-bond donors (Lipinski definition) is 1. The fourth-order valence-electron chi connectivity index (χ4n) is 1.81. The lowest BCUT2D eigenvalue weighted by Crippen LogP contribution is -2.48. The van der Waals surface area contributed by atoms with Crippen LogP contribution in [0, 0.1) is 16.7 Å². The smallest absolute Gasteiger partial charge is 0.116 e. The van der Waals surface area contributed by atoms with Gasteiger partial charge in [0.05, 0.1) is 19.3 Å². The molecule has 0 spiro atoms. The van der Waals surface area contributed by atoms with Gasteiger partial charge in [-0.1, -0.05) is 34.1 Å². The van der Waals surface area contributed by atoms with Crippen LogP contribution in [0.25, 0.3) is 0 Å². The van der Waals surface area contributed by atoms with Crippen LogP contribution >= 0.6 is 15.9 Å². The summed E-state index contributed by atoms with van der Waals surface area (Å²) in [6, 6.07) is 10.5. The van der Waals surface area contributed by atoms with Gasteiger partial charge in [-0.2, -0.15) is 5.26 Å². The van der Waals surface area contributed by atoms with Crippen molar-refractivity contribution in [1.82, 2.24) is 5.32 Å². The van der Waals surface area contributed by atoms with E-state index in [1.54, 1.807) is 0 Å². The van der Waals surface area contributed by atoms with Crippen molar-refractivity contribution < 1.29 is 4.74 Å². The van der Waals surface area contributed by atoms with Gasteiger partial charge in [-0.25, -0.2) is 0 Å². The minimum absolute atomic E-state index is 0.284. The van der Waals surface area contributed by atoms with Gasteiger partial charge in [0.25, 0.3) is 0 Å². The van der Waals surface area contributed by atoms with Gasteiger partial charge in [0, 0.05) is 11.0 Å². The molecule has 0 saturated carbocycles. The van der Waals surface area contributed by atoms with E-state index in [0.717, 1.165) is 17.4 Å². The fraction of sp³-hybridized carbons (Fsp3) is 0.462. The van der Waals surface area contributed by atoms with E-state index in [1.165, 1.54) is 5.56 Å². The lowest BCUT2D eigenvalue weighted by Gasteiger charge is -2.35. The minimum Gasteiger partial charge on any atom is -0.378 e. The van der Waals surface area contributed by atoms with Crippen LogP contribution in [-0.2, 0) is 11.2 Å². The highest BCUT2D eigenvalue weighted by atomic mass is 79.9. The van der Waals surface area contributed by atoms with Crippen LogP contribution in [0.3, 0.4) is 0 Å². The molecule has 0 bridgehead atoms. The maximum Gasteiger partial charge on any atom is 0.116 e. The third kappa shape index (κ3) is 3.06. The predicted molar refractivity (Wildman–Crippen MR) is 69.6 cm³/mol. The zero-order chi connectivity index (χ0) is 12.1. The maximum atomic E-state index is 9.02. The molecule has 0 amide bonds. The summed E-state index contributed by atoms with van der Waals surface area (Å²) in [5.41, 5.74) is 1.00.